The van der Waals surface area contributed by atoms with E-state index in [0.717, 1.165) is 25.9 Å². The molecule has 3 rings (SSSR count). The summed E-state index contributed by atoms with van der Waals surface area (Å²) in [5.74, 6) is 1.23. The maximum atomic E-state index is 12.6. The lowest BCUT2D eigenvalue weighted by molar-refractivity contribution is -0.0496. The number of carbonyl (C=O) groups is 1. The van der Waals surface area contributed by atoms with Gasteiger partial charge in [-0.25, -0.2) is 13.4 Å². The Labute approximate surface area is 174 Å². The van der Waals surface area contributed by atoms with Gasteiger partial charge in [-0.1, -0.05) is 6.92 Å². The highest BCUT2D eigenvalue weighted by Crippen LogP contribution is 2.30. The number of rotatable bonds is 5. The molecule has 0 spiro atoms. The zero-order chi connectivity index (χ0) is 21.9. The maximum Gasteiger partial charge on any atom is 0.511 e. The molecular weight excluding hydrogens is 421 g/mol. The molecule has 168 valence electrons. The second-order valence-electron chi connectivity index (χ2n) is 8.08. The van der Waals surface area contributed by atoms with E-state index in [2.05, 4.69) is 17.2 Å². The maximum absolute atomic E-state index is 12.6. The molecule has 0 bridgehead atoms. The van der Waals surface area contributed by atoms with Crippen molar-refractivity contribution in [2.45, 2.75) is 38.1 Å². The van der Waals surface area contributed by atoms with E-state index >= 15 is 0 Å². The van der Waals surface area contributed by atoms with Crippen LogP contribution in [0.5, 0.6) is 0 Å². The van der Waals surface area contributed by atoms with E-state index < -0.39 is 15.5 Å². The van der Waals surface area contributed by atoms with E-state index in [1.807, 2.05) is 4.90 Å². The second-order valence-corrected chi connectivity index (χ2v) is 10.0. The molecule has 7 nitrogen and oxygen atoms in total. The standard InChI is InChI=1S/C19H27F3N4O3S/c1-14-4-8-25(9-5-14)18(27)16-2-3-17(24-13-16)23-12-15-6-10-26(11-7-15)30(28,29)19(20,21)22/h2-3,13-15H,4-12H2,1H3,(H,23,24). The van der Waals surface area contributed by atoms with Crippen LogP contribution in [0.1, 0.15) is 43.0 Å². The molecule has 30 heavy (non-hydrogen) atoms. The van der Waals surface area contributed by atoms with Crippen LogP contribution in [0.3, 0.4) is 0 Å². The summed E-state index contributed by atoms with van der Waals surface area (Å²) in [5, 5.41) is 3.12. The highest BCUT2D eigenvalue weighted by Gasteiger charge is 2.50. The van der Waals surface area contributed by atoms with Crippen LogP contribution in [0.15, 0.2) is 18.3 Å². The van der Waals surface area contributed by atoms with Gasteiger partial charge in [0.25, 0.3) is 5.91 Å². The van der Waals surface area contributed by atoms with Crippen molar-refractivity contribution in [3.05, 3.63) is 23.9 Å². The molecule has 0 unspecified atom stereocenters. The number of nitrogens with zero attached hydrogens (tertiary/aromatic N) is 3. The summed E-state index contributed by atoms with van der Waals surface area (Å²) in [6, 6.07) is 3.43. The quantitative estimate of drug-likeness (QED) is 0.749. The number of hydrogen-bond acceptors (Lipinski definition) is 5. The number of piperidine rings is 2. The summed E-state index contributed by atoms with van der Waals surface area (Å²) in [6.07, 6.45) is 4.21. The Bertz CT molecular complexity index is 830. The van der Waals surface area contributed by atoms with Crippen LogP contribution in [0.4, 0.5) is 19.0 Å². The number of likely N-dealkylation sites (tertiary alicyclic amines) is 1. The Hall–Kier alpha value is -1.88. The monoisotopic (exact) mass is 448 g/mol. The number of anilines is 1. The molecule has 1 aromatic heterocycles. The average Bonchev–Trinajstić information content (AvgIpc) is 2.72. The summed E-state index contributed by atoms with van der Waals surface area (Å²) in [5.41, 5.74) is -4.73. The molecule has 0 saturated carbocycles. The molecule has 0 aliphatic carbocycles. The summed E-state index contributed by atoms with van der Waals surface area (Å²) in [6.45, 7) is 3.87. The lowest BCUT2D eigenvalue weighted by Crippen LogP contribution is -2.45. The van der Waals surface area contributed by atoms with E-state index in [4.69, 9.17) is 0 Å². The first kappa shape index (κ1) is 22.8. The highest BCUT2D eigenvalue weighted by atomic mass is 32.2. The Kier molecular flexibility index (Phi) is 6.91. The molecule has 11 heteroatoms. The lowest BCUT2D eigenvalue weighted by Gasteiger charge is -2.31. The van der Waals surface area contributed by atoms with Crippen LogP contribution < -0.4 is 5.32 Å². The number of amides is 1. The van der Waals surface area contributed by atoms with Crippen LogP contribution in [-0.4, -0.2) is 66.7 Å². The van der Waals surface area contributed by atoms with Crippen LogP contribution in [0.2, 0.25) is 0 Å². The SMILES string of the molecule is CC1CCN(C(=O)c2ccc(NCC3CCN(S(=O)(=O)C(F)(F)F)CC3)nc2)CC1. The van der Waals surface area contributed by atoms with E-state index in [9.17, 15) is 26.4 Å². The van der Waals surface area contributed by atoms with Crippen LogP contribution in [0, 0.1) is 11.8 Å². The van der Waals surface area contributed by atoms with E-state index in [1.54, 1.807) is 12.1 Å². The molecule has 2 fully saturated rings. The van der Waals surface area contributed by atoms with Gasteiger partial charge in [0.1, 0.15) is 5.82 Å². The number of hydrogen-bond donors (Lipinski definition) is 1. The molecule has 2 saturated heterocycles. The smallest absolute Gasteiger partial charge is 0.370 e. The van der Waals surface area contributed by atoms with E-state index in [-0.39, 0.29) is 24.9 Å². The van der Waals surface area contributed by atoms with Gasteiger partial charge < -0.3 is 10.2 Å². The van der Waals surface area contributed by atoms with Gasteiger partial charge in [0.05, 0.1) is 5.56 Å². The summed E-state index contributed by atoms with van der Waals surface area (Å²) >= 11 is 0. The molecular formula is C19H27F3N4O3S. The number of pyridine rings is 1. The van der Waals surface area contributed by atoms with E-state index in [0.29, 0.717) is 41.0 Å². The number of aromatic nitrogens is 1. The minimum Gasteiger partial charge on any atom is -0.370 e. The molecule has 1 aromatic rings. The minimum atomic E-state index is -5.26. The highest BCUT2D eigenvalue weighted by molar-refractivity contribution is 7.90. The number of alkyl halides is 3. The molecule has 2 aliphatic rings. The van der Waals surface area contributed by atoms with Crippen molar-refractivity contribution in [1.82, 2.24) is 14.2 Å². The fourth-order valence-corrected chi connectivity index (χ4v) is 4.75. The number of nitrogens with one attached hydrogen (secondary N) is 1. The Balaban J connectivity index is 1.46. The summed E-state index contributed by atoms with van der Waals surface area (Å²) in [7, 11) is -5.25. The first-order valence-electron chi connectivity index (χ1n) is 10.1. The predicted octanol–water partition coefficient (Wildman–Crippen LogP) is 2.93. The van der Waals surface area contributed by atoms with Crippen LogP contribution in [0.25, 0.3) is 0 Å². The molecule has 0 atom stereocenters. The largest absolute Gasteiger partial charge is 0.511 e. The third kappa shape index (κ3) is 5.23. The molecule has 3 heterocycles. The molecule has 2 aliphatic heterocycles. The van der Waals surface area contributed by atoms with Gasteiger partial charge in [0.2, 0.25) is 0 Å². The van der Waals surface area contributed by atoms with Gasteiger partial charge in [-0.2, -0.15) is 17.5 Å². The molecule has 0 radical (unpaired) electrons. The summed E-state index contributed by atoms with van der Waals surface area (Å²) in [4.78, 5) is 18.6. The molecule has 0 aromatic carbocycles. The van der Waals surface area contributed by atoms with Gasteiger partial charge in [-0.05, 0) is 49.7 Å². The van der Waals surface area contributed by atoms with Crippen LogP contribution in [-0.2, 0) is 10.0 Å². The van der Waals surface area contributed by atoms with Crippen molar-refractivity contribution in [2.24, 2.45) is 11.8 Å². The average molecular weight is 449 g/mol. The number of sulfonamides is 1. The van der Waals surface area contributed by atoms with Crippen LogP contribution >= 0.6 is 0 Å². The van der Waals surface area contributed by atoms with Gasteiger partial charge in [-0.3, -0.25) is 4.79 Å². The fraction of sp³-hybridized carbons (Fsp3) is 0.684. The van der Waals surface area contributed by atoms with E-state index in [1.165, 1.54) is 6.20 Å². The normalized spacial score (nSPS) is 20.3. The van der Waals surface area contributed by atoms with Crippen molar-refractivity contribution in [3.63, 3.8) is 0 Å². The second kappa shape index (κ2) is 9.09. The fourth-order valence-electron chi connectivity index (χ4n) is 3.77. The number of carbonyl (C=O) groups excluding carboxylic acids is 1. The van der Waals surface area contributed by atoms with Crippen molar-refractivity contribution >= 4 is 21.7 Å². The van der Waals surface area contributed by atoms with Crippen molar-refractivity contribution < 1.29 is 26.4 Å². The Morgan fingerprint density at radius 2 is 1.77 bits per heavy atom. The van der Waals surface area contributed by atoms with Gasteiger partial charge >= 0.3 is 15.5 Å². The van der Waals surface area contributed by atoms with Crippen molar-refractivity contribution in [3.8, 4) is 0 Å². The first-order chi connectivity index (χ1) is 14.1. The first-order valence-corrected chi connectivity index (χ1v) is 11.6. The third-order valence-electron chi connectivity index (χ3n) is 5.86. The predicted molar refractivity (Wildman–Crippen MR) is 106 cm³/mol. The van der Waals surface area contributed by atoms with Gasteiger partial charge in [-0.15, -0.1) is 0 Å². The van der Waals surface area contributed by atoms with Crippen molar-refractivity contribution in [1.29, 1.82) is 0 Å². The Morgan fingerprint density at radius 1 is 1.13 bits per heavy atom. The zero-order valence-electron chi connectivity index (χ0n) is 16.9. The molecule has 1 amide bonds. The molecule has 1 N–H and O–H groups in total. The van der Waals surface area contributed by atoms with Gasteiger partial charge in [0.15, 0.2) is 0 Å². The lowest BCUT2D eigenvalue weighted by atomic mass is 9.98. The minimum absolute atomic E-state index is 0.0285. The summed E-state index contributed by atoms with van der Waals surface area (Å²) < 4.78 is 61.3. The topological polar surface area (TPSA) is 82.6 Å². The van der Waals surface area contributed by atoms with Crippen molar-refractivity contribution in [2.75, 3.05) is 38.0 Å². The third-order valence-corrected chi connectivity index (χ3v) is 7.49. The zero-order valence-corrected chi connectivity index (χ0v) is 17.7. The Morgan fingerprint density at radius 3 is 2.30 bits per heavy atom. The number of halogens is 3. The van der Waals surface area contributed by atoms with Gasteiger partial charge in [0, 0.05) is 38.9 Å².